The Bertz CT molecular complexity index is 385. The maximum Gasteiger partial charge on any atom is 0.171 e. The second-order valence-electron chi connectivity index (χ2n) is 2.97. The molecule has 0 bridgehead atoms. The van der Waals surface area contributed by atoms with E-state index < -0.39 is 0 Å². The van der Waals surface area contributed by atoms with Crippen LogP contribution in [0.1, 0.15) is 5.56 Å². The van der Waals surface area contributed by atoms with Crippen molar-refractivity contribution >= 4 is 29.2 Å². The van der Waals surface area contributed by atoms with Crippen molar-refractivity contribution < 1.29 is 9.94 Å². The average Bonchev–Trinajstić information content (AvgIpc) is 2.29. The Labute approximate surface area is 103 Å². The molecule has 0 aromatic heterocycles. The van der Waals surface area contributed by atoms with Crippen molar-refractivity contribution in [3.05, 3.63) is 28.8 Å². The maximum absolute atomic E-state index is 8.53. The summed E-state index contributed by atoms with van der Waals surface area (Å²) in [4.78, 5) is 0. The molecular weight excluding hydrogens is 248 g/mol. The maximum atomic E-state index is 8.53. The number of ether oxygens (including phenoxy) is 1. The minimum absolute atomic E-state index is 0.0133. The third-order valence-corrected chi connectivity index (χ3v) is 2.77. The molecule has 6 heteroatoms. The Morgan fingerprint density at radius 3 is 2.94 bits per heavy atom. The van der Waals surface area contributed by atoms with Crippen LogP contribution in [-0.4, -0.2) is 29.7 Å². The van der Waals surface area contributed by atoms with Crippen molar-refractivity contribution in [3.8, 4) is 5.75 Å². The van der Waals surface area contributed by atoms with E-state index in [1.165, 1.54) is 0 Å². The van der Waals surface area contributed by atoms with Gasteiger partial charge in [0.1, 0.15) is 5.75 Å². The lowest BCUT2D eigenvalue weighted by Crippen LogP contribution is -2.13. The van der Waals surface area contributed by atoms with E-state index in [4.69, 9.17) is 27.3 Å². The molecule has 0 fully saturated rings. The van der Waals surface area contributed by atoms with E-state index in [1.807, 2.05) is 6.26 Å². The SMILES string of the molecule is CSCCOc1ccc(/C(N)=N/O)c(Cl)c1. The van der Waals surface area contributed by atoms with Gasteiger partial charge in [0, 0.05) is 11.3 Å². The van der Waals surface area contributed by atoms with Gasteiger partial charge in [-0.3, -0.25) is 0 Å². The van der Waals surface area contributed by atoms with Crippen LogP contribution >= 0.6 is 23.4 Å². The molecule has 16 heavy (non-hydrogen) atoms. The van der Waals surface area contributed by atoms with E-state index >= 15 is 0 Å². The molecule has 0 saturated carbocycles. The molecular formula is C10H13ClN2O2S. The van der Waals surface area contributed by atoms with Gasteiger partial charge in [0.05, 0.1) is 11.6 Å². The van der Waals surface area contributed by atoms with Crippen LogP contribution in [0, 0.1) is 0 Å². The van der Waals surface area contributed by atoms with Crippen LogP contribution in [0.15, 0.2) is 23.4 Å². The number of nitrogens with zero attached hydrogens (tertiary/aromatic N) is 1. The largest absolute Gasteiger partial charge is 0.493 e. The van der Waals surface area contributed by atoms with Gasteiger partial charge in [-0.1, -0.05) is 16.8 Å². The summed E-state index contributed by atoms with van der Waals surface area (Å²) in [5.41, 5.74) is 5.93. The second kappa shape index (κ2) is 6.50. The van der Waals surface area contributed by atoms with Crippen LogP contribution in [0.2, 0.25) is 5.02 Å². The highest BCUT2D eigenvalue weighted by atomic mass is 35.5. The number of amidine groups is 1. The summed E-state index contributed by atoms with van der Waals surface area (Å²) in [6, 6.07) is 5.04. The van der Waals surface area contributed by atoms with Gasteiger partial charge >= 0.3 is 0 Å². The predicted octanol–water partition coefficient (Wildman–Crippen LogP) is 2.18. The van der Waals surface area contributed by atoms with E-state index in [9.17, 15) is 0 Å². The molecule has 0 heterocycles. The molecule has 0 spiro atoms. The van der Waals surface area contributed by atoms with Crippen molar-refractivity contribution in [2.45, 2.75) is 0 Å². The van der Waals surface area contributed by atoms with Crippen molar-refractivity contribution in [1.29, 1.82) is 0 Å². The van der Waals surface area contributed by atoms with E-state index in [0.717, 1.165) is 5.75 Å². The van der Waals surface area contributed by atoms with Crippen molar-refractivity contribution in [3.63, 3.8) is 0 Å². The fraction of sp³-hybridized carbons (Fsp3) is 0.300. The Hall–Kier alpha value is -1.07. The minimum Gasteiger partial charge on any atom is -0.493 e. The van der Waals surface area contributed by atoms with Crippen LogP contribution < -0.4 is 10.5 Å². The normalized spacial score (nSPS) is 11.5. The Kier molecular flexibility index (Phi) is 5.28. The Balaban J connectivity index is 2.75. The highest BCUT2D eigenvalue weighted by molar-refractivity contribution is 7.98. The zero-order valence-corrected chi connectivity index (χ0v) is 10.4. The van der Waals surface area contributed by atoms with E-state index in [-0.39, 0.29) is 5.84 Å². The van der Waals surface area contributed by atoms with Gasteiger partial charge in [0.25, 0.3) is 0 Å². The zero-order chi connectivity index (χ0) is 12.0. The topological polar surface area (TPSA) is 67.8 Å². The summed E-state index contributed by atoms with van der Waals surface area (Å²) in [6.07, 6.45) is 2.01. The van der Waals surface area contributed by atoms with Gasteiger partial charge in [-0.05, 0) is 24.5 Å². The summed E-state index contributed by atoms with van der Waals surface area (Å²) in [6.45, 7) is 0.625. The van der Waals surface area contributed by atoms with Gasteiger partial charge in [-0.25, -0.2) is 0 Å². The molecule has 1 rings (SSSR count). The quantitative estimate of drug-likeness (QED) is 0.280. The first-order valence-corrected chi connectivity index (χ1v) is 6.35. The number of thioether (sulfide) groups is 1. The molecule has 0 aliphatic carbocycles. The van der Waals surface area contributed by atoms with Crippen LogP contribution in [0.25, 0.3) is 0 Å². The molecule has 1 aromatic carbocycles. The van der Waals surface area contributed by atoms with Crippen molar-refractivity contribution in [1.82, 2.24) is 0 Å². The highest BCUT2D eigenvalue weighted by Crippen LogP contribution is 2.22. The lowest BCUT2D eigenvalue weighted by atomic mass is 10.2. The van der Waals surface area contributed by atoms with Gasteiger partial charge < -0.3 is 15.7 Å². The molecule has 0 aliphatic rings. The lowest BCUT2D eigenvalue weighted by molar-refractivity contribution is 0.318. The molecule has 4 nitrogen and oxygen atoms in total. The Morgan fingerprint density at radius 2 is 2.38 bits per heavy atom. The molecule has 3 N–H and O–H groups in total. The van der Waals surface area contributed by atoms with E-state index in [1.54, 1.807) is 30.0 Å². The van der Waals surface area contributed by atoms with E-state index in [0.29, 0.717) is 22.9 Å². The number of hydrogen-bond acceptors (Lipinski definition) is 4. The first-order valence-electron chi connectivity index (χ1n) is 4.58. The van der Waals surface area contributed by atoms with Crippen molar-refractivity contribution in [2.24, 2.45) is 10.9 Å². The molecule has 0 unspecified atom stereocenters. The monoisotopic (exact) mass is 260 g/mol. The van der Waals surface area contributed by atoms with Gasteiger partial charge in [0.15, 0.2) is 5.84 Å². The minimum atomic E-state index is -0.0133. The first-order chi connectivity index (χ1) is 7.69. The molecule has 0 radical (unpaired) electrons. The van der Waals surface area contributed by atoms with Crippen LogP contribution in [0.5, 0.6) is 5.75 Å². The standard InChI is InChI=1S/C10H13ClN2O2S/c1-16-5-4-15-7-2-3-8(9(11)6-7)10(12)13-14/h2-3,6,14H,4-5H2,1H3,(H2,12,13). The molecule has 0 amide bonds. The van der Waals surface area contributed by atoms with Gasteiger partial charge in [-0.15, -0.1) is 0 Å². The number of nitrogens with two attached hydrogens (primary N) is 1. The smallest absolute Gasteiger partial charge is 0.171 e. The lowest BCUT2D eigenvalue weighted by Gasteiger charge is -2.07. The number of hydrogen-bond donors (Lipinski definition) is 2. The number of halogens is 1. The zero-order valence-electron chi connectivity index (χ0n) is 8.81. The summed E-state index contributed by atoms with van der Waals surface area (Å²) in [7, 11) is 0. The van der Waals surface area contributed by atoms with Crippen molar-refractivity contribution in [2.75, 3.05) is 18.6 Å². The molecule has 0 aliphatic heterocycles. The average molecular weight is 261 g/mol. The summed E-state index contributed by atoms with van der Waals surface area (Å²) in [5, 5.41) is 11.8. The first kappa shape index (κ1) is 13.0. The van der Waals surface area contributed by atoms with E-state index in [2.05, 4.69) is 5.16 Å². The van der Waals surface area contributed by atoms with Gasteiger partial charge in [0.2, 0.25) is 0 Å². The highest BCUT2D eigenvalue weighted by Gasteiger charge is 2.06. The molecule has 0 atom stereocenters. The number of benzene rings is 1. The number of rotatable bonds is 5. The number of oxime groups is 1. The van der Waals surface area contributed by atoms with Crippen LogP contribution in [0.4, 0.5) is 0 Å². The second-order valence-corrected chi connectivity index (χ2v) is 4.36. The summed E-state index contributed by atoms with van der Waals surface area (Å²) in [5.74, 6) is 1.58. The van der Waals surface area contributed by atoms with Crippen LogP contribution in [-0.2, 0) is 0 Å². The van der Waals surface area contributed by atoms with Gasteiger partial charge in [-0.2, -0.15) is 11.8 Å². The summed E-state index contributed by atoms with van der Waals surface area (Å²) >= 11 is 7.67. The third kappa shape index (κ3) is 3.50. The molecule has 1 aromatic rings. The fourth-order valence-electron chi connectivity index (χ4n) is 1.09. The molecule has 0 saturated heterocycles. The van der Waals surface area contributed by atoms with Crippen LogP contribution in [0.3, 0.4) is 0 Å². The predicted molar refractivity (Wildman–Crippen MR) is 67.8 cm³/mol. The Morgan fingerprint density at radius 1 is 1.62 bits per heavy atom. The summed E-state index contributed by atoms with van der Waals surface area (Å²) < 4.78 is 5.45. The molecule has 88 valence electrons. The fourth-order valence-corrected chi connectivity index (χ4v) is 1.61. The third-order valence-electron chi connectivity index (χ3n) is 1.88.